The van der Waals surface area contributed by atoms with Gasteiger partial charge in [-0.05, 0) is 5.41 Å². The van der Waals surface area contributed by atoms with Crippen molar-refractivity contribution in [3.8, 4) is 11.3 Å². The van der Waals surface area contributed by atoms with Crippen LogP contribution in [0, 0.1) is 5.41 Å². The van der Waals surface area contributed by atoms with Gasteiger partial charge >= 0.3 is 0 Å². The lowest BCUT2D eigenvalue weighted by Gasteiger charge is -2.17. The lowest BCUT2D eigenvalue weighted by Crippen LogP contribution is -2.12. The standard InChI is InChI=1S/C13H17ClN4/c1-13(2,3)6-12-16-10(5-11(14)17-12)9-7-15-18(4)8-9/h5,7-8H,6H2,1-4H3. The van der Waals surface area contributed by atoms with Gasteiger partial charge in [0.2, 0.25) is 0 Å². The van der Waals surface area contributed by atoms with Crippen LogP contribution in [0.5, 0.6) is 0 Å². The molecule has 5 heteroatoms. The average molecular weight is 265 g/mol. The van der Waals surface area contributed by atoms with Crippen molar-refractivity contribution in [1.29, 1.82) is 0 Å². The van der Waals surface area contributed by atoms with Gasteiger partial charge in [0.1, 0.15) is 11.0 Å². The molecule has 0 aliphatic rings. The first-order valence-electron chi connectivity index (χ1n) is 5.86. The zero-order chi connectivity index (χ0) is 13.3. The first-order chi connectivity index (χ1) is 8.33. The molecule has 0 saturated heterocycles. The topological polar surface area (TPSA) is 43.6 Å². The van der Waals surface area contributed by atoms with Crippen LogP contribution in [-0.2, 0) is 13.5 Å². The predicted molar refractivity (Wildman–Crippen MR) is 72.4 cm³/mol. The van der Waals surface area contributed by atoms with Crippen molar-refractivity contribution in [2.75, 3.05) is 0 Å². The maximum absolute atomic E-state index is 6.06. The molecule has 2 heterocycles. The molecule has 2 aromatic rings. The summed E-state index contributed by atoms with van der Waals surface area (Å²) in [6.07, 6.45) is 4.49. The minimum Gasteiger partial charge on any atom is -0.275 e. The van der Waals surface area contributed by atoms with Crippen LogP contribution < -0.4 is 0 Å². The van der Waals surface area contributed by atoms with Gasteiger partial charge in [-0.15, -0.1) is 0 Å². The molecule has 0 saturated carbocycles. The molecule has 0 aliphatic heterocycles. The lowest BCUT2D eigenvalue weighted by molar-refractivity contribution is 0.401. The fourth-order valence-corrected chi connectivity index (χ4v) is 1.92. The highest BCUT2D eigenvalue weighted by Crippen LogP contribution is 2.23. The number of hydrogen-bond donors (Lipinski definition) is 0. The van der Waals surface area contributed by atoms with Crippen LogP contribution in [-0.4, -0.2) is 19.7 Å². The van der Waals surface area contributed by atoms with Gasteiger partial charge in [-0.3, -0.25) is 4.68 Å². The number of nitrogens with zero attached hydrogens (tertiary/aromatic N) is 4. The molecule has 0 bridgehead atoms. The van der Waals surface area contributed by atoms with E-state index in [-0.39, 0.29) is 5.41 Å². The van der Waals surface area contributed by atoms with E-state index in [1.807, 2.05) is 13.2 Å². The molecule has 96 valence electrons. The number of rotatable bonds is 2. The fourth-order valence-electron chi connectivity index (χ4n) is 1.72. The molecular weight excluding hydrogens is 248 g/mol. The fraction of sp³-hybridized carbons (Fsp3) is 0.462. The second-order valence-electron chi connectivity index (χ2n) is 5.63. The molecule has 0 fully saturated rings. The quantitative estimate of drug-likeness (QED) is 0.783. The van der Waals surface area contributed by atoms with Gasteiger partial charge in [0.05, 0.1) is 11.9 Å². The van der Waals surface area contributed by atoms with Crippen LogP contribution in [0.4, 0.5) is 0 Å². The molecule has 0 N–H and O–H groups in total. The Morgan fingerprint density at radius 1 is 1.28 bits per heavy atom. The molecular formula is C13H17ClN4. The molecule has 0 atom stereocenters. The first kappa shape index (κ1) is 13.0. The Morgan fingerprint density at radius 3 is 2.56 bits per heavy atom. The Labute approximate surface area is 112 Å². The normalized spacial score (nSPS) is 11.8. The minimum absolute atomic E-state index is 0.136. The third-order valence-electron chi connectivity index (χ3n) is 2.43. The van der Waals surface area contributed by atoms with E-state index >= 15 is 0 Å². The maximum atomic E-state index is 6.06. The van der Waals surface area contributed by atoms with Gasteiger partial charge in [-0.1, -0.05) is 32.4 Å². The molecule has 0 unspecified atom stereocenters. The van der Waals surface area contributed by atoms with E-state index in [0.29, 0.717) is 5.15 Å². The molecule has 0 radical (unpaired) electrons. The summed E-state index contributed by atoms with van der Waals surface area (Å²) in [6, 6.07) is 1.77. The number of halogens is 1. The lowest BCUT2D eigenvalue weighted by atomic mass is 9.92. The van der Waals surface area contributed by atoms with Crippen LogP contribution in [0.15, 0.2) is 18.5 Å². The highest BCUT2D eigenvalue weighted by molar-refractivity contribution is 6.29. The molecule has 2 rings (SSSR count). The van der Waals surface area contributed by atoms with Gasteiger partial charge < -0.3 is 0 Å². The van der Waals surface area contributed by atoms with Crippen LogP contribution in [0.2, 0.25) is 5.15 Å². The Balaban J connectivity index is 2.38. The predicted octanol–water partition coefficient (Wildman–Crippen LogP) is 3.12. The summed E-state index contributed by atoms with van der Waals surface area (Å²) in [6.45, 7) is 6.46. The third-order valence-corrected chi connectivity index (χ3v) is 2.62. The molecule has 0 spiro atoms. The van der Waals surface area contributed by atoms with Crippen molar-refractivity contribution in [1.82, 2.24) is 19.7 Å². The largest absolute Gasteiger partial charge is 0.275 e. The summed E-state index contributed by atoms with van der Waals surface area (Å²) >= 11 is 6.06. The van der Waals surface area contributed by atoms with Crippen molar-refractivity contribution in [3.63, 3.8) is 0 Å². The highest BCUT2D eigenvalue weighted by atomic mass is 35.5. The zero-order valence-corrected chi connectivity index (χ0v) is 11.9. The van der Waals surface area contributed by atoms with Gasteiger partial charge in [0, 0.05) is 31.3 Å². The molecule has 4 nitrogen and oxygen atoms in total. The van der Waals surface area contributed by atoms with Crippen molar-refractivity contribution in [2.45, 2.75) is 27.2 Å². The molecule has 0 amide bonds. The number of aryl methyl sites for hydroxylation is 1. The second kappa shape index (κ2) is 4.69. The van der Waals surface area contributed by atoms with Crippen LogP contribution in [0.1, 0.15) is 26.6 Å². The van der Waals surface area contributed by atoms with E-state index < -0.39 is 0 Å². The third kappa shape index (κ3) is 3.29. The van der Waals surface area contributed by atoms with Gasteiger partial charge in [-0.25, -0.2) is 9.97 Å². The van der Waals surface area contributed by atoms with E-state index in [9.17, 15) is 0 Å². The van der Waals surface area contributed by atoms with Crippen LogP contribution in [0.3, 0.4) is 0 Å². The number of aromatic nitrogens is 4. The Morgan fingerprint density at radius 2 is 2.00 bits per heavy atom. The number of hydrogen-bond acceptors (Lipinski definition) is 3. The molecule has 0 aliphatic carbocycles. The summed E-state index contributed by atoms with van der Waals surface area (Å²) in [5.74, 6) is 0.772. The van der Waals surface area contributed by atoms with Gasteiger partial charge in [0.15, 0.2) is 0 Å². The van der Waals surface area contributed by atoms with E-state index in [1.165, 1.54) is 0 Å². The summed E-state index contributed by atoms with van der Waals surface area (Å²) in [4.78, 5) is 8.83. The van der Waals surface area contributed by atoms with Gasteiger partial charge in [0.25, 0.3) is 0 Å². The average Bonchev–Trinajstić information content (AvgIpc) is 2.61. The van der Waals surface area contributed by atoms with E-state index in [0.717, 1.165) is 23.5 Å². The van der Waals surface area contributed by atoms with E-state index in [4.69, 9.17) is 11.6 Å². The summed E-state index contributed by atoms with van der Waals surface area (Å²) in [5.41, 5.74) is 1.91. The monoisotopic (exact) mass is 264 g/mol. The molecule has 2 aromatic heterocycles. The van der Waals surface area contributed by atoms with Crippen molar-refractivity contribution in [3.05, 3.63) is 29.4 Å². The van der Waals surface area contributed by atoms with Crippen molar-refractivity contribution < 1.29 is 0 Å². The SMILES string of the molecule is Cn1cc(-c2cc(Cl)nc(CC(C)(C)C)n2)cn1. The van der Waals surface area contributed by atoms with Gasteiger partial charge in [-0.2, -0.15) is 5.10 Å². The van der Waals surface area contributed by atoms with E-state index in [1.54, 1.807) is 16.9 Å². The van der Waals surface area contributed by atoms with Crippen LogP contribution in [0.25, 0.3) is 11.3 Å². The Hall–Kier alpha value is -1.42. The summed E-state index contributed by atoms with van der Waals surface area (Å²) < 4.78 is 1.74. The molecule has 0 aromatic carbocycles. The van der Waals surface area contributed by atoms with Crippen LogP contribution >= 0.6 is 11.6 Å². The smallest absolute Gasteiger partial charge is 0.133 e. The van der Waals surface area contributed by atoms with E-state index in [2.05, 4.69) is 35.8 Å². The van der Waals surface area contributed by atoms with Crippen molar-refractivity contribution in [2.24, 2.45) is 12.5 Å². The minimum atomic E-state index is 0.136. The zero-order valence-electron chi connectivity index (χ0n) is 11.1. The highest BCUT2D eigenvalue weighted by Gasteiger charge is 2.15. The summed E-state index contributed by atoms with van der Waals surface area (Å²) in [5, 5.41) is 4.62. The maximum Gasteiger partial charge on any atom is 0.133 e. The van der Waals surface area contributed by atoms with Crippen molar-refractivity contribution >= 4 is 11.6 Å². The molecule has 18 heavy (non-hydrogen) atoms. The Bertz CT molecular complexity index is 554. The second-order valence-corrected chi connectivity index (χ2v) is 6.02. The first-order valence-corrected chi connectivity index (χ1v) is 6.24. The summed E-state index contributed by atoms with van der Waals surface area (Å²) in [7, 11) is 1.88. The Kier molecular flexibility index (Phi) is 3.39.